The Hall–Kier alpha value is -0.610. The molecule has 0 aromatic rings. The Labute approximate surface area is 98.0 Å². The number of rotatable bonds is 2. The first-order valence-electron chi connectivity index (χ1n) is 6.00. The van der Waals surface area contributed by atoms with Crippen LogP contribution >= 0.6 is 0 Å². The van der Waals surface area contributed by atoms with Gasteiger partial charge in [0.2, 0.25) is 0 Å². The van der Waals surface area contributed by atoms with E-state index in [4.69, 9.17) is 0 Å². The van der Waals surface area contributed by atoms with Crippen LogP contribution in [0.25, 0.3) is 0 Å². The minimum Gasteiger partial charge on any atom is -0.381 e. The van der Waals surface area contributed by atoms with Crippen molar-refractivity contribution in [2.24, 2.45) is 5.92 Å². The molecule has 1 saturated heterocycles. The summed E-state index contributed by atoms with van der Waals surface area (Å²) in [5, 5.41) is 13.2. The van der Waals surface area contributed by atoms with Crippen molar-refractivity contribution in [2.45, 2.75) is 52.3 Å². The molecule has 94 valence electrons. The van der Waals surface area contributed by atoms with Crippen LogP contribution in [0.15, 0.2) is 0 Å². The second kappa shape index (κ2) is 4.72. The van der Waals surface area contributed by atoms with Crippen molar-refractivity contribution in [1.82, 2.24) is 10.2 Å². The van der Waals surface area contributed by atoms with Gasteiger partial charge < -0.3 is 15.3 Å². The zero-order valence-electron chi connectivity index (χ0n) is 10.9. The number of carbonyl (C=O) groups excluding carboxylic acids is 1. The van der Waals surface area contributed by atoms with Crippen LogP contribution in [0.5, 0.6) is 0 Å². The molecule has 1 heterocycles. The maximum Gasteiger partial charge on any atom is 0.254 e. The second-order valence-electron chi connectivity index (χ2n) is 5.62. The largest absolute Gasteiger partial charge is 0.381 e. The smallest absolute Gasteiger partial charge is 0.254 e. The lowest BCUT2D eigenvalue weighted by Gasteiger charge is -2.42. The third-order valence-electron chi connectivity index (χ3n) is 3.19. The fourth-order valence-electron chi connectivity index (χ4n) is 1.97. The van der Waals surface area contributed by atoms with Crippen LogP contribution < -0.4 is 5.32 Å². The Morgan fingerprint density at radius 1 is 1.50 bits per heavy atom. The number of piperazine rings is 1. The van der Waals surface area contributed by atoms with Gasteiger partial charge in [-0.1, -0.05) is 13.8 Å². The first-order valence-corrected chi connectivity index (χ1v) is 6.00. The molecule has 0 radical (unpaired) electrons. The molecule has 0 saturated carbocycles. The highest BCUT2D eigenvalue weighted by Crippen LogP contribution is 2.17. The highest BCUT2D eigenvalue weighted by molar-refractivity contribution is 5.84. The average molecular weight is 228 g/mol. The van der Waals surface area contributed by atoms with Gasteiger partial charge in [0, 0.05) is 25.2 Å². The van der Waals surface area contributed by atoms with E-state index in [-0.39, 0.29) is 11.9 Å². The molecule has 1 rings (SSSR count). The van der Waals surface area contributed by atoms with E-state index in [9.17, 15) is 9.90 Å². The van der Waals surface area contributed by atoms with Crippen molar-refractivity contribution < 1.29 is 9.90 Å². The molecule has 0 bridgehead atoms. The van der Waals surface area contributed by atoms with Gasteiger partial charge in [0.05, 0.1) is 0 Å². The van der Waals surface area contributed by atoms with Crippen LogP contribution in [0.3, 0.4) is 0 Å². The third-order valence-corrected chi connectivity index (χ3v) is 3.19. The highest BCUT2D eigenvalue weighted by Gasteiger charge is 2.36. The molecule has 16 heavy (non-hydrogen) atoms. The molecular weight excluding hydrogens is 204 g/mol. The summed E-state index contributed by atoms with van der Waals surface area (Å²) >= 11 is 0. The lowest BCUT2D eigenvalue weighted by molar-refractivity contribution is -0.151. The zero-order valence-corrected chi connectivity index (χ0v) is 10.9. The van der Waals surface area contributed by atoms with E-state index in [1.54, 1.807) is 18.7 Å². The molecule has 2 N–H and O–H groups in total. The van der Waals surface area contributed by atoms with Gasteiger partial charge in [0.15, 0.2) is 0 Å². The van der Waals surface area contributed by atoms with Crippen LogP contribution in [0.2, 0.25) is 0 Å². The average Bonchev–Trinajstić information content (AvgIpc) is 2.15. The van der Waals surface area contributed by atoms with Gasteiger partial charge in [0.1, 0.15) is 5.60 Å². The number of carbonyl (C=O) groups is 1. The van der Waals surface area contributed by atoms with Gasteiger partial charge in [-0.25, -0.2) is 0 Å². The standard InChI is InChI=1S/C12H24N2O2/c1-8(2)10-7-14(9(3)6-13-10)11(15)12(4,5)16/h8-10,13,16H,6-7H2,1-5H3/t9-,10-/m1/s1. The number of amides is 1. The van der Waals surface area contributed by atoms with Gasteiger partial charge in [-0.3, -0.25) is 4.79 Å². The van der Waals surface area contributed by atoms with E-state index in [0.29, 0.717) is 18.5 Å². The second-order valence-corrected chi connectivity index (χ2v) is 5.62. The predicted octanol–water partition coefficient (Wildman–Crippen LogP) is 0.602. The van der Waals surface area contributed by atoms with E-state index >= 15 is 0 Å². The fourth-order valence-corrected chi connectivity index (χ4v) is 1.97. The van der Waals surface area contributed by atoms with Gasteiger partial charge in [-0.05, 0) is 26.7 Å². The SMILES string of the molecule is CC(C)[C@H]1CN(C(=O)C(C)(C)O)[C@H](C)CN1. The van der Waals surface area contributed by atoms with Crippen molar-refractivity contribution in [1.29, 1.82) is 0 Å². The van der Waals surface area contributed by atoms with Crippen molar-refractivity contribution in [2.75, 3.05) is 13.1 Å². The van der Waals surface area contributed by atoms with Gasteiger partial charge in [-0.15, -0.1) is 0 Å². The molecule has 2 atom stereocenters. The third kappa shape index (κ3) is 2.95. The van der Waals surface area contributed by atoms with Crippen molar-refractivity contribution in [3.05, 3.63) is 0 Å². The van der Waals surface area contributed by atoms with E-state index in [1.807, 2.05) is 6.92 Å². The van der Waals surface area contributed by atoms with E-state index in [1.165, 1.54) is 0 Å². The van der Waals surface area contributed by atoms with Crippen LogP contribution in [0.1, 0.15) is 34.6 Å². The van der Waals surface area contributed by atoms with E-state index in [2.05, 4.69) is 19.2 Å². The van der Waals surface area contributed by atoms with Crippen LogP contribution in [0, 0.1) is 5.92 Å². The summed E-state index contributed by atoms with van der Waals surface area (Å²) in [7, 11) is 0. The Bertz CT molecular complexity index is 258. The lowest BCUT2D eigenvalue weighted by atomic mass is 9.97. The molecule has 0 aliphatic carbocycles. The normalized spacial score (nSPS) is 27.3. The maximum absolute atomic E-state index is 12.0. The molecular formula is C12H24N2O2. The number of nitrogens with zero attached hydrogens (tertiary/aromatic N) is 1. The van der Waals surface area contributed by atoms with Crippen LogP contribution in [-0.2, 0) is 4.79 Å². The Kier molecular flexibility index (Phi) is 3.97. The molecule has 0 spiro atoms. The summed E-state index contributed by atoms with van der Waals surface area (Å²) in [4.78, 5) is 13.8. The summed E-state index contributed by atoms with van der Waals surface area (Å²) in [6.45, 7) is 10.9. The monoisotopic (exact) mass is 228 g/mol. The number of aliphatic hydroxyl groups is 1. The van der Waals surface area contributed by atoms with Crippen LogP contribution in [-0.4, -0.2) is 46.7 Å². The van der Waals surface area contributed by atoms with Crippen molar-refractivity contribution in [3.8, 4) is 0 Å². The minimum absolute atomic E-state index is 0.147. The Morgan fingerprint density at radius 3 is 2.50 bits per heavy atom. The first kappa shape index (κ1) is 13.5. The molecule has 1 aliphatic heterocycles. The molecule has 0 aromatic heterocycles. The summed E-state index contributed by atoms with van der Waals surface area (Å²) in [5.74, 6) is 0.316. The Balaban J connectivity index is 2.74. The van der Waals surface area contributed by atoms with Gasteiger partial charge in [-0.2, -0.15) is 0 Å². The molecule has 4 nitrogen and oxygen atoms in total. The summed E-state index contributed by atoms with van der Waals surface area (Å²) in [6.07, 6.45) is 0. The Morgan fingerprint density at radius 2 is 2.06 bits per heavy atom. The molecule has 1 fully saturated rings. The fraction of sp³-hybridized carbons (Fsp3) is 0.917. The first-order chi connectivity index (χ1) is 7.23. The van der Waals surface area contributed by atoms with Crippen molar-refractivity contribution >= 4 is 5.91 Å². The van der Waals surface area contributed by atoms with Gasteiger partial charge in [0.25, 0.3) is 5.91 Å². The highest BCUT2D eigenvalue weighted by atomic mass is 16.3. The summed E-state index contributed by atoms with van der Waals surface area (Å²) in [5.41, 5.74) is -1.27. The number of hydrogen-bond donors (Lipinski definition) is 2. The number of hydrogen-bond acceptors (Lipinski definition) is 3. The quantitative estimate of drug-likeness (QED) is 0.728. The lowest BCUT2D eigenvalue weighted by Crippen LogP contribution is -2.61. The maximum atomic E-state index is 12.0. The minimum atomic E-state index is -1.27. The molecule has 0 unspecified atom stereocenters. The topological polar surface area (TPSA) is 52.6 Å². The predicted molar refractivity (Wildman–Crippen MR) is 64.1 cm³/mol. The molecule has 4 heteroatoms. The van der Waals surface area contributed by atoms with Crippen LogP contribution in [0.4, 0.5) is 0 Å². The van der Waals surface area contributed by atoms with E-state index in [0.717, 1.165) is 6.54 Å². The van der Waals surface area contributed by atoms with E-state index < -0.39 is 5.60 Å². The molecule has 1 aliphatic rings. The van der Waals surface area contributed by atoms with Gasteiger partial charge >= 0.3 is 0 Å². The van der Waals surface area contributed by atoms with Crippen molar-refractivity contribution in [3.63, 3.8) is 0 Å². The zero-order chi connectivity index (χ0) is 12.5. The number of nitrogens with one attached hydrogen (secondary N) is 1. The summed E-state index contributed by atoms with van der Waals surface area (Å²) < 4.78 is 0. The molecule has 0 aromatic carbocycles. The molecule has 1 amide bonds. The summed E-state index contributed by atoms with van der Waals surface area (Å²) in [6, 6.07) is 0.469.